The Kier molecular flexibility index (Phi) is 13.0. The number of carbonyl (C=O) groups excluding carboxylic acids is 2. The largest absolute Gasteiger partial charge is 0.483 e. The summed E-state index contributed by atoms with van der Waals surface area (Å²) >= 11 is 0. The summed E-state index contributed by atoms with van der Waals surface area (Å²) in [6, 6.07) is -0.348. The average Bonchev–Trinajstić information content (AvgIpc) is 3.23. The Bertz CT molecular complexity index is 666. The van der Waals surface area contributed by atoms with Gasteiger partial charge in [-0.15, -0.1) is 0 Å². The lowest BCUT2D eigenvalue weighted by Gasteiger charge is -2.36. The SMILES string of the molecule is CCCNC(=O)N[C@@H]1C[C@@H](C(=O)NCc2cncn2CC)CC[C@H]1OCCC.O=CO. The van der Waals surface area contributed by atoms with Crippen molar-refractivity contribution < 1.29 is 24.2 Å². The van der Waals surface area contributed by atoms with Crippen molar-refractivity contribution in [3.05, 3.63) is 18.2 Å². The second kappa shape index (κ2) is 15.2. The molecule has 3 amide bonds. The molecule has 4 N–H and O–H groups in total. The predicted octanol–water partition coefficient (Wildman–Crippen LogP) is 1.89. The number of imidazole rings is 1. The maximum absolute atomic E-state index is 12.7. The number of nitrogens with zero attached hydrogens (tertiary/aromatic N) is 2. The first-order chi connectivity index (χ1) is 15.0. The highest BCUT2D eigenvalue weighted by atomic mass is 16.5. The molecule has 1 heterocycles. The van der Waals surface area contributed by atoms with Crippen molar-refractivity contribution in [2.75, 3.05) is 13.2 Å². The summed E-state index contributed by atoms with van der Waals surface area (Å²) in [7, 11) is 0. The van der Waals surface area contributed by atoms with E-state index < -0.39 is 0 Å². The third-order valence-corrected chi connectivity index (χ3v) is 5.13. The molecule has 0 aromatic carbocycles. The zero-order chi connectivity index (χ0) is 23.1. The van der Waals surface area contributed by atoms with E-state index in [-0.39, 0.29) is 36.5 Å². The van der Waals surface area contributed by atoms with Crippen LogP contribution in [0.15, 0.2) is 12.5 Å². The molecular weight excluding hydrogens is 402 g/mol. The first kappa shape index (κ1) is 26.4. The Hall–Kier alpha value is -2.62. The van der Waals surface area contributed by atoms with E-state index >= 15 is 0 Å². The van der Waals surface area contributed by atoms with Gasteiger partial charge in [0.15, 0.2) is 0 Å². The van der Waals surface area contributed by atoms with Crippen LogP contribution in [-0.2, 0) is 27.4 Å². The predicted molar refractivity (Wildman–Crippen MR) is 116 cm³/mol. The molecule has 176 valence electrons. The van der Waals surface area contributed by atoms with Gasteiger partial charge in [-0.05, 0) is 39.0 Å². The quantitative estimate of drug-likeness (QED) is 0.411. The molecule has 31 heavy (non-hydrogen) atoms. The van der Waals surface area contributed by atoms with E-state index in [1.165, 1.54) is 0 Å². The van der Waals surface area contributed by atoms with Crippen LogP contribution in [0.2, 0.25) is 0 Å². The standard InChI is InChI=1S/C20H35N5O3.CH2O2/c1-4-9-22-20(27)24-17-11-15(7-8-18(17)28-10-5-2)19(26)23-13-16-12-21-14-25(16)6-3;2-1-3/h12,14-15,17-18H,4-11,13H2,1-3H3,(H,23,26)(H2,22,24,27);1H,(H,2,3)/t15-,17+,18+;/m0./s1. The Balaban J connectivity index is 0.00000151. The molecular formula is C21H37N5O5. The topological polar surface area (TPSA) is 135 Å². The van der Waals surface area contributed by atoms with E-state index in [1.54, 1.807) is 12.5 Å². The van der Waals surface area contributed by atoms with Gasteiger partial charge < -0.3 is 30.4 Å². The number of carbonyl (C=O) groups is 3. The van der Waals surface area contributed by atoms with Crippen LogP contribution >= 0.6 is 0 Å². The normalized spacial score (nSPS) is 20.2. The van der Waals surface area contributed by atoms with E-state index in [0.29, 0.717) is 26.1 Å². The molecule has 0 saturated heterocycles. The van der Waals surface area contributed by atoms with Crippen molar-refractivity contribution in [3.8, 4) is 0 Å². The van der Waals surface area contributed by atoms with E-state index in [9.17, 15) is 9.59 Å². The van der Waals surface area contributed by atoms with Crippen LogP contribution in [0.4, 0.5) is 4.79 Å². The number of nitrogens with one attached hydrogen (secondary N) is 3. The summed E-state index contributed by atoms with van der Waals surface area (Å²) in [5.41, 5.74) is 0.990. The molecule has 1 aliphatic carbocycles. The van der Waals surface area contributed by atoms with Crippen LogP contribution in [0.25, 0.3) is 0 Å². The highest BCUT2D eigenvalue weighted by Crippen LogP contribution is 2.27. The Morgan fingerprint density at radius 1 is 1.26 bits per heavy atom. The first-order valence-corrected chi connectivity index (χ1v) is 11.0. The maximum atomic E-state index is 12.7. The van der Waals surface area contributed by atoms with E-state index in [1.807, 2.05) is 18.4 Å². The highest BCUT2D eigenvalue weighted by Gasteiger charge is 2.35. The molecule has 10 heteroatoms. The van der Waals surface area contributed by atoms with Gasteiger partial charge in [-0.3, -0.25) is 9.59 Å². The zero-order valence-corrected chi connectivity index (χ0v) is 18.8. The van der Waals surface area contributed by atoms with E-state index in [0.717, 1.165) is 37.9 Å². The van der Waals surface area contributed by atoms with Crippen LogP contribution in [0, 0.1) is 5.92 Å². The first-order valence-electron chi connectivity index (χ1n) is 11.0. The number of carboxylic acid groups (broad SMARTS) is 1. The van der Waals surface area contributed by atoms with Crippen molar-refractivity contribution in [1.82, 2.24) is 25.5 Å². The molecule has 0 radical (unpaired) electrons. The second-order valence-corrected chi connectivity index (χ2v) is 7.42. The van der Waals surface area contributed by atoms with Gasteiger partial charge in [0.2, 0.25) is 5.91 Å². The molecule has 10 nitrogen and oxygen atoms in total. The smallest absolute Gasteiger partial charge is 0.315 e. The fraction of sp³-hybridized carbons (Fsp3) is 0.714. The van der Waals surface area contributed by atoms with Gasteiger partial charge in [-0.1, -0.05) is 13.8 Å². The van der Waals surface area contributed by atoms with Crippen molar-refractivity contribution in [2.24, 2.45) is 5.92 Å². The Labute approximate surface area is 184 Å². The number of urea groups is 1. The third kappa shape index (κ3) is 9.37. The summed E-state index contributed by atoms with van der Waals surface area (Å²) in [4.78, 5) is 37.3. The Morgan fingerprint density at radius 2 is 2.00 bits per heavy atom. The fourth-order valence-corrected chi connectivity index (χ4v) is 3.56. The molecule has 3 atom stereocenters. The summed E-state index contributed by atoms with van der Waals surface area (Å²) < 4.78 is 7.95. The minimum Gasteiger partial charge on any atom is -0.483 e. The van der Waals surface area contributed by atoms with Crippen LogP contribution in [-0.4, -0.2) is 58.4 Å². The molecule has 1 aliphatic rings. The maximum Gasteiger partial charge on any atom is 0.315 e. The number of aromatic nitrogens is 2. The van der Waals surface area contributed by atoms with Crippen molar-refractivity contribution in [2.45, 2.75) is 78.1 Å². The molecule has 0 unspecified atom stereocenters. The third-order valence-electron chi connectivity index (χ3n) is 5.13. The number of ether oxygens (including phenoxy) is 1. The van der Waals surface area contributed by atoms with Crippen molar-refractivity contribution in [3.63, 3.8) is 0 Å². The minimum absolute atomic E-state index is 0.0264. The minimum atomic E-state index is -0.250. The molecule has 1 saturated carbocycles. The highest BCUT2D eigenvalue weighted by molar-refractivity contribution is 5.79. The van der Waals surface area contributed by atoms with Crippen LogP contribution < -0.4 is 16.0 Å². The van der Waals surface area contributed by atoms with Crippen LogP contribution in [0.1, 0.15) is 58.6 Å². The number of hydrogen-bond donors (Lipinski definition) is 4. The van der Waals surface area contributed by atoms with Gasteiger partial charge in [0.1, 0.15) is 0 Å². The van der Waals surface area contributed by atoms with Gasteiger partial charge >= 0.3 is 6.03 Å². The molecule has 1 fully saturated rings. The van der Waals surface area contributed by atoms with Gasteiger partial charge in [0, 0.05) is 31.8 Å². The average molecular weight is 440 g/mol. The molecule has 1 aromatic rings. The number of aryl methyl sites for hydroxylation is 1. The lowest BCUT2D eigenvalue weighted by molar-refractivity contribution is -0.128. The van der Waals surface area contributed by atoms with Gasteiger partial charge in [0.25, 0.3) is 6.47 Å². The molecule has 0 aliphatic heterocycles. The lowest BCUT2D eigenvalue weighted by atomic mass is 9.83. The fourth-order valence-electron chi connectivity index (χ4n) is 3.56. The Morgan fingerprint density at radius 3 is 2.65 bits per heavy atom. The summed E-state index contributed by atoms with van der Waals surface area (Å²) in [5.74, 6) is -0.102. The number of hydrogen-bond acceptors (Lipinski definition) is 5. The van der Waals surface area contributed by atoms with Gasteiger partial charge in [0.05, 0.1) is 30.7 Å². The van der Waals surface area contributed by atoms with Crippen LogP contribution in [0.5, 0.6) is 0 Å². The number of amides is 3. The van der Waals surface area contributed by atoms with Crippen molar-refractivity contribution >= 4 is 18.4 Å². The second-order valence-electron chi connectivity index (χ2n) is 7.42. The van der Waals surface area contributed by atoms with Crippen LogP contribution in [0.3, 0.4) is 0 Å². The van der Waals surface area contributed by atoms with Gasteiger partial charge in [-0.2, -0.15) is 0 Å². The molecule has 1 aromatic heterocycles. The lowest BCUT2D eigenvalue weighted by Crippen LogP contribution is -2.53. The van der Waals surface area contributed by atoms with E-state index in [4.69, 9.17) is 14.6 Å². The zero-order valence-electron chi connectivity index (χ0n) is 18.8. The summed E-state index contributed by atoms with van der Waals surface area (Å²) in [5, 5.41) is 15.8. The summed E-state index contributed by atoms with van der Waals surface area (Å²) in [6.45, 7) is 8.46. The van der Waals surface area contributed by atoms with Gasteiger partial charge in [-0.25, -0.2) is 9.78 Å². The molecule has 0 spiro atoms. The molecule has 2 rings (SSSR count). The summed E-state index contributed by atoms with van der Waals surface area (Å²) in [6.07, 6.45) is 7.44. The molecule has 0 bridgehead atoms. The number of rotatable bonds is 10. The van der Waals surface area contributed by atoms with E-state index in [2.05, 4.69) is 27.9 Å². The van der Waals surface area contributed by atoms with Crippen molar-refractivity contribution in [1.29, 1.82) is 0 Å². The monoisotopic (exact) mass is 439 g/mol.